The third kappa shape index (κ3) is 3.41. The van der Waals surface area contributed by atoms with Crippen molar-refractivity contribution in [2.24, 2.45) is 0 Å². The average molecular weight is 330 g/mol. The van der Waals surface area contributed by atoms with E-state index in [0.29, 0.717) is 17.6 Å². The molecule has 5 nitrogen and oxygen atoms in total. The Hall–Kier alpha value is -1.18. The number of thiophene rings is 1. The number of hydrogen-bond donors (Lipinski definition) is 2. The van der Waals surface area contributed by atoms with Gasteiger partial charge >= 0.3 is 5.69 Å². The summed E-state index contributed by atoms with van der Waals surface area (Å²) in [6.07, 6.45) is 1.51. The molecular weight excluding hydrogens is 318 g/mol. The Balaban J connectivity index is 1.89. The second-order valence-electron chi connectivity index (χ2n) is 3.69. The van der Waals surface area contributed by atoms with Crippen LogP contribution in [0, 0.1) is 0 Å². The van der Waals surface area contributed by atoms with E-state index in [1.807, 2.05) is 11.4 Å². The van der Waals surface area contributed by atoms with E-state index >= 15 is 0 Å². The van der Waals surface area contributed by atoms with Gasteiger partial charge in [-0.05, 0) is 27.4 Å². The van der Waals surface area contributed by atoms with Crippen molar-refractivity contribution < 1.29 is 0 Å². The predicted octanol–water partition coefficient (Wildman–Crippen LogP) is 1.15. The maximum Gasteiger partial charge on any atom is 0.328 e. The first-order chi connectivity index (χ1) is 8.66. The van der Waals surface area contributed by atoms with Crippen LogP contribution in [-0.2, 0) is 13.1 Å². The molecular formula is C11H12BrN3O2S. The van der Waals surface area contributed by atoms with E-state index in [2.05, 4.69) is 32.3 Å². The first kappa shape index (κ1) is 13.3. The summed E-state index contributed by atoms with van der Waals surface area (Å²) in [5.41, 5.74) is -0.788. The van der Waals surface area contributed by atoms with Crippen LogP contribution in [0.2, 0.25) is 0 Å². The SMILES string of the molecule is O=c1[nH]c(=O)n(CCNCc2cccs2)cc1Br. The minimum atomic E-state index is -0.400. The van der Waals surface area contributed by atoms with Crippen LogP contribution in [0.1, 0.15) is 4.88 Å². The number of aromatic amines is 1. The molecule has 0 bridgehead atoms. The highest BCUT2D eigenvalue weighted by molar-refractivity contribution is 9.10. The molecule has 0 aromatic carbocycles. The third-order valence-corrected chi connectivity index (χ3v) is 3.82. The molecule has 2 N–H and O–H groups in total. The van der Waals surface area contributed by atoms with Crippen LogP contribution in [0.5, 0.6) is 0 Å². The van der Waals surface area contributed by atoms with Crippen LogP contribution in [0.25, 0.3) is 0 Å². The van der Waals surface area contributed by atoms with E-state index in [9.17, 15) is 9.59 Å². The Bertz CT molecular complexity index is 618. The molecule has 2 aromatic rings. The highest BCUT2D eigenvalue weighted by Gasteiger charge is 2.01. The summed E-state index contributed by atoms with van der Waals surface area (Å²) in [6.45, 7) is 1.97. The standard InChI is InChI=1S/C11H12BrN3O2S/c12-9-7-15(11(17)14-10(9)16)4-3-13-6-8-2-1-5-18-8/h1-2,5,7,13H,3-4,6H2,(H,14,16,17). The van der Waals surface area contributed by atoms with Gasteiger partial charge in [-0.1, -0.05) is 6.07 Å². The number of halogens is 1. The Morgan fingerprint density at radius 3 is 3.00 bits per heavy atom. The Morgan fingerprint density at radius 2 is 2.28 bits per heavy atom. The van der Waals surface area contributed by atoms with Crippen LogP contribution in [0.3, 0.4) is 0 Å². The molecule has 2 rings (SSSR count). The topological polar surface area (TPSA) is 66.9 Å². The fourth-order valence-electron chi connectivity index (χ4n) is 1.47. The number of nitrogens with one attached hydrogen (secondary N) is 2. The van der Waals surface area contributed by atoms with E-state index < -0.39 is 5.56 Å². The molecule has 96 valence electrons. The quantitative estimate of drug-likeness (QED) is 0.809. The summed E-state index contributed by atoms with van der Waals surface area (Å²) in [4.78, 5) is 26.1. The van der Waals surface area contributed by atoms with Gasteiger partial charge in [-0.3, -0.25) is 14.3 Å². The lowest BCUT2D eigenvalue weighted by atomic mass is 10.4. The summed E-state index contributed by atoms with van der Waals surface area (Å²) < 4.78 is 1.83. The lowest BCUT2D eigenvalue weighted by Crippen LogP contribution is -2.32. The lowest BCUT2D eigenvalue weighted by molar-refractivity contribution is 0.575. The van der Waals surface area contributed by atoms with Crippen LogP contribution in [0.4, 0.5) is 0 Å². The summed E-state index contributed by atoms with van der Waals surface area (Å²) in [5, 5.41) is 5.27. The van der Waals surface area contributed by atoms with Crippen molar-refractivity contribution in [2.45, 2.75) is 13.1 Å². The van der Waals surface area contributed by atoms with Gasteiger partial charge in [-0.25, -0.2) is 4.79 Å². The van der Waals surface area contributed by atoms with Gasteiger partial charge < -0.3 is 5.32 Å². The molecule has 0 fully saturated rings. The number of rotatable bonds is 5. The molecule has 0 spiro atoms. The molecule has 0 unspecified atom stereocenters. The van der Waals surface area contributed by atoms with Crippen molar-refractivity contribution in [3.8, 4) is 0 Å². The molecule has 0 aliphatic heterocycles. The molecule has 0 saturated heterocycles. The molecule has 7 heteroatoms. The molecule has 0 aliphatic carbocycles. The highest BCUT2D eigenvalue weighted by atomic mass is 79.9. The maximum atomic E-state index is 11.5. The summed E-state index contributed by atoms with van der Waals surface area (Å²) in [5.74, 6) is 0. The Labute approximate surface area is 116 Å². The van der Waals surface area contributed by atoms with Gasteiger partial charge in [0.1, 0.15) is 0 Å². The maximum absolute atomic E-state index is 11.5. The molecule has 0 radical (unpaired) electrons. The summed E-state index contributed by atoms with van der Waals surface area (Å²) in [6, 6.07) is 4.06. The third-order valence-electron chi connectivity index (χ3n) is 2.38. The van der Waals surface area contributed by atoms with Gasteiger partial charge in [-0.2, -0.15) is 0 Å². The minimum absolute atomic E-state index is 0.361. The second kappa shape index (κ2) is 6.12. The van der Waals surface area contributed by atoms with Crippen LogP contribution < -0.4 is 16.6 Å². The van der Waals surface area contributed by atoms with E-state index in [1.54, 1.807) is 11.3 Å². The zero-order chi connectivity index (χ0) is 13.0. The molecule has 0 atom stereocenters. The lowest BCUT2D eigenvalue weighted by Gasteiger charge is -2.06. The largest absolute Gasteiger partial charge is 0.328 e. The average Bonchev–Trinajstić information content (AvgIpc) is 2.84. The van der Waals surface area contributed by atoms with Gasteiger partial charge in [0.15, 0.2) is 0 Å². The van der Waals surface area contributed by atoms with Crippen molar-refractivity contribution in [3.63, 3.8) is 0 Å². The molecule has 0 aliphatic rings. The zero-order valence-corrected chi connectivity index (χ0v) is 11.9. The van der Waals surface area contributed by atoms with Gasteiger partial charge in [0.2, 0.25) is 0 Å². The van der Waals surface area contributed by atoms with Gasteiger partial charge in [0.25, 0.3) is 5.56 Å². The molecule has 18 heavy (non-hydrogen) atoms. The Kier molecular flexibility index (Phi) is 4.51. The fraction of sp³-hybridized carbons (Fsp3) is 0.273. The Morgan fingerprint density at radius 1 is 1.44 bits per heavy atom. The van der Waals surface area contributed by atoms with Crippen molar-refractivity contribution in [1.82, 2.24) is 14.9 Å². The number of nitrogens with zero attached hydrogens (tertiary/aromatic N) is 1. The molecule has 0 amide bonds. The highest BCUT2D eigenvalue weighted by Crippen LogP contribution is 2.07. The normalized spacial score (nSPS) is 10.7. The summed E-state index contributed by atoms with van der Waals surface area (Å²) in [7, 11) is 0. The van der Waals surface area contributed by atoms with E-state index in [0.717, 1.165) is 6.54 Å². The van der Waals surface area contributed by atoms with Crippen molar-refractivity contribution in [2.75, 3.05) is 6.54 Å². The van der Waals surface area contributed by atoms with E-state index in [4.69, 9.17) is 0 Å². The van der Waals surface area contributed by atoms with Crippen molar-refractivity contribution >= 4 is 27.3 Å². The van der Waals surface area contributed by atoms with Gasteiger partial charge in [-0.15, -0.1) is 11.3 Å². The first-order valence-electron chi connectivity index (χ1n) is 5.39. The molecule has 0 saturated carbocycles. The fourth-order valence-corrected chi connectivity index (χ4v) is 2.49. The van der Waals surface area contributed by atoms with E-state index in [-0.39, 0.29) is 5.69 Å². The number of H-pyrrole nitrogens is 1. The summed E-state index contributed by atoms with van der Waals surface area (Å²) >= 11 is 4.79. The molecule has 2 heterocycles. The van der Waals surface area contributed by atoms with Crippen LogP contribution in [0.15, 0.2) is 37.8 Å². The molecule has 2 aromatic heterocycles. The number of hydrogen-bond acceptors (Lipinski definition) is 4. The van der Waals surface area contributed by atoms with Crippen molar-refractivity contribution in [1.29, 1.82) is 0 Å². The smallest absolute Gasteiger partial charge is 0.310 e. The number of aromatic nitrogens is 2. The predicted molar refractivity (Wildman–Crippen MR) is 75.0 cm³/mol. The first-order valence-corrected chi connectivity index (χ1v) is 7.06. The monoisotopic (exact) mass is 329 g/mol. The zero-order valence-electron chi connectivity index (χ0n) is 9.48. The minimum Gasteiger partial charge on any atom is -0.310 e. The van der Waals surface area contributed by atoms with E-state index in [1.165, 1.54) is 15.6 Å². The van der Waals surface area contributed by atoms with Crippen LogP contribution >= 0.6 is 27.3 Å². The van der Waals surface area contributed by atoms with Crippen molar-refractivity contribution in [3.05, 3.63) is 53.9 Å². The van der Waals surface area contributed by atoms with Gasteiger partial charge in [0.05, 0.1) is 4.47 Å². The van der Waals surface area contributed by atoms with Crippen LogP contribution in [-0.4, -0.2) is 16.1 Å². The van der Waals surface area contributed by atoms with Gasteiger partial charge in [0, 0.05) is 30.7 Å². The second-order valence-corrected chi connectivity index (χ2v) is 5.57.